The summed E-state index contributed by atoms with van der Waals surface area (Å²) < 4.78 is 0. The van der Waals surface area contributed by atoms with Crippen LogP contribution in [0.3, 0.4) is 0 Å². The van der Waals surface area contributed by atoms with Crippen molar-refractivity contribution in [1.82, 2.24) is 15.5 Å². The van der Waals surface area contributed by atoms with Gasteiger partial charge in [0.25, 0.3) is 0 Å². The molecular formula is C13H20ClN3O2S. The smallest absolute Gasteiger partial charge is 0.248 e. The van der Waals surface area contributed by atoms with E-state index >= 15 is 0 Å². The number of hydrogen-bond acceptors (Lipinski definition) is 4. The van der Waals surface area contributed by atoms with Crippen LogP contribution in [-0.2, 0) is 9.59 Å². The Balaban J connectivity index is 0.00000200. The van der Waals surface area contributed by atoms with E-state index in [1.165, 1.54) is 11.3 Å². The van der Waals surface area contributed by atoms with E-state index < -0.39 is 6.04 Å². The van der Waals surface area contributed by atoms with Gasteiger partial charge in [-0.3, -0.25) is 9.59 Å². The summed E-state index contributed by atoms with van der Waals surface area (Å²) >= 11 is 1.52. The van der Waals surface area contributed by atoms with Crippen LogP contribution in [0.4, 0.5) is 0 Å². The van der Waals surface area contributed by atoms with Gasteiger partial charge in [-0.15, -0.1) is 23.7 Å². The van der Waals surface area contributed by atoms with E-state index in [2.05, 4.69) is 10.6 Å². The van der Waals surface area contributed by atoms with E-state index in [-0.39, 0.29) is 24.2 Å². The van der Waals surface area contributed by atoms with Gasteiger partial charge in [0.2, 0.25) is 11.8 Å². The van der Waals surface area contributed by atoms with E-state index in [0.29, 0.717) is 19.5 Å². The first-order valence-electron chi connectivity index (χ1n) is 6.49. The zero-order chi connectivity index (χ0) is 13.7. The van der Waals surface area contributed by atoms with Crippen molar-refractivity contribution in [3.63, 3.8) is 0 Å². The molecule has 0 spiro atoms. The molecule has 0 aromatic carbocycles. The molecule has 1 aliphatic rings. The lowest BCUT2D eigenvalue weighted by Gasteiger charge is -2.34. The SMILES string of the molecule is CNCCCC(=O)N1CCNC(=O)C1c1cccs1.Cl. The van der Waals surface area contributed by atoms with Crippen LogP contribution in [0.5, 0.6) is 0 Å². The lowest BCUT2D eigenvalue weighted by molar-refractivity contribution is -0.143. The van der Waals surface area contributed by atoms with Gasteiger partial charge in [-0.1, -0.05) is 6.07 Å². The highest BCUT2D eigenvalue weighted by molar-refractivity contribution is 7.10. The maximum Gasteiger partial charge on any atom is 0.248 e. The van der Waals surface area contributed by atoms with Crippen molar-refractivity contribution < 1.29 is 9.59 Å². The standard InChI is InChI=1S/C13H19N3O2S.ClH/c1-14-6-2-5-11(17)16-8-7-15-13(18)12(16)10-4-3-9-19-10;/h3-4,9,12,14H,2,5-8H2,1H3,(H,15,18);1H. The van der Waals surface area contributed by atoms with Crippen molar-refractivity contribution in [3.8, 4) is 0 Å². The minimum Gasteiger partial charge on any atom is -0.352 e. The zero-order valence-electron chi connectivity index (χ0n) is 11.4. The number of piperazine rings is 1. The van der Waals surface area contributed by atoms with Gasteiger partial charge >= 0.3 is 0 Å². The van der Waals surface area contributed by atoms with Crippen LogP contribution in [0.1, 0.15) is 23.8 Å². The number of rotatable bonds is 5. The Bertz CT molecular complexity index is 439. The molecule has 0 aliphatic carbocycles. The molecule has 2 rings (SSSR count). The summed E-state index contributed by atoms with van der Waals surface area (Å²) in [5.41, 5.74) is 0. The molecule has 0 bridgehead atoms. The number of hydrogen-bond donors (Lipinski definition) is 2. The summed E-state index contributed by atoms with van der Waals surface area (Å²) in [6.07, 6.45) is 1.28. The van der Waals surface area contributed by atoms with E-state index in [0.717, 1.165) is 17.8 Å². The number of thiophene rings is 1. The molecule has 1 aromatic rings. The van der Waals surface area contributed by atoms with Crippen LogP contribution >= 0.6 is 23.7 Å². The van der Waals surface area contributed by atoms with Gasteiger partial charge < -0.3 is 15.5 Å². The molecule has 2 N–H and O–H groups in total. The monoisotopic (exact) mass is 317 g/mol. The fraction of sp³-hybridized carbons (Fsp3) is 0.538. The normalized spacial score (nSPS) is 18.4. The van der Waals surface area contributed by atoms with Crippen molar-refractivity contribution in [2.45, 2.75) is 18.9 Å². The number of nitrogens with zero attached hydrogens (tertiary/aromatic N) is 1. The highest BCUT2D eigenvalue weighted by Crippen LogP contribution is 2.27. The van der Waals surface area contributed by atoms with E-state index in [4.69, 9.17) is 0 Å². The van der Waals surface area contributed by atoms with Crippen molar-refractivity contribution >= 4 is 35.6 Å². The van der Waals surface area contributed by atoms with Crippen LogP contribution in [0, 0.1) is 0 Å². The highest BCUT2D eigenvalue weighted by Gasteiger charge is 2.34. The maximum atomic E-state index is 12.2. The molecule has 0 radical (unpaired) electrons. The molecule has 1 saturated heterocycles. The van der Waals surface area contributed by atoms with Crippen molar-refractivity contribution in [1.29, 1.82) is 0 Å². The molecule has 5 nitrogen and oxygen atoms in total. The van der Waals surface area contributed by atoms with Gasteiger partial charge in [-0.05, 0) is 31.5 Å². The van der Waals surface area contributed by atoms with Crippen LogP contribution in [0.2, 0.25) is 0 Å². The summed E-state index contributed by atoms with van der Waals surface area (Å²) in [5, 5.41) is 7.79. The van der Waals surface area contributed by atoms with Gasteiger partial charge in [-0.25, -0.2) is 0 Å². The lowest BCUT2D eigenvalue weighted by atomic mass is 10.1. The average molecular weight is 318 g/mol. The molecule has 2 heterocycles. The third-order valence-electron chi connectivity index (χ3n) is 3.16. The van der Waals surface area contributed by atoms with Crippen molar-refractivity contribution in [2.24, 2.45) is 0 Å². The molecule has 112 valence electrons. The quantitative estimate of drug-likeness (QED) is 0.801. The summed E-state index contributed by atoms with van der Waals surface area (Å²) in [5.74, 6) is -0.0147. The molecule has 1 unspecified atom stereocenters. The first kappa shape index (κ1) is 16.9. The Labute approximate surface area is 129 Å². The average Bonchev–Trinajstić information content (AvgIpc) is 2.92. The van der Waals surface area contributed by atoms with Gasteiger partial charge in [0, 0.05) is 24.4 Å². The number of halogens is 1. The molecule has 20 heavy (non-hydrogen) atoms. The van der Waals surface area contributed by atoms with Gasteiger partial charge in [0.15, 0.2) is 0 Å². The molecule has 2 amide bonds. The van der Waals surface area contributed by atoms with Gasteiger partial charge in [0.05, 0.1) is 0 Å². The summed E-state index contributed by atoms with van der Waals surface area (Å²) in [4.78, 5) is 26.9. The van der Waals surface area contributed by atoms with E-state index in [1.807, 2.05) is 24.6 Å². The summed E-state index contributed by atoms with van der Waals surface area (Å²) in [6.45, 7) is 1.95. The second-order valence-electron chi connectivity index (χ2n) is 4.50. The molecule has 1 fully saturated rings. The summed E-state index contributed by atoms with van der Waals surface area (Å²) in [6, 6.07) is 3.37. The van der Waals surface area contributed by atoms with Gasteiger partial charge in [-0.2, -0.15) is 0 Å². The third-order valence-corrected chi connectivity index (χ3v) is 4.09. The Morgan fingerprint density at radius 3 is 3.05 bits per heavy atom. The zero-order valence-corrected chi connectivity index (χ0v) is 13.1. The Morgan fingerprint density at radius 1 is 1.60 bits per heavy atom. The third kappa shape index (κ3) is 3.94. The highest BCUT2D eigenvalue weighted by atomic mass is 35.5. The molecule has 1 atom stereocenters. The van der Waals surface area contributed by atoms with Gasteiger partial charge in [0.1, 0.15) is 6.04 Å². The number of nitrogens with one attached hydrogen (secondary N) is 2. The first-order valence-corrected chi connectivity index (χ1v) is 7.37. The Kier molecular flexibility index (Phi) is 6.98. The fourth-order valence-corrected chi connectivity index (χ4v) is 3.06. The molecule has 7 heteroatoms. The summed E-state index contributed by atoms with van der Waals surface area (Å²) in [7, 11) is 1.87. The predicted octanol–water partition coefficient (Wildman–Crippen LogP) is 1.17. The van der Waals surface area contributed by atoms with Crippen molar-refractivity contribution in [2.75, 3.05) is 26.7 Å². The Morgan fingerprint density at radius 2 is 2.40 bits per heavy atom. The van der Waals surface area contributed by atoms with Crippen molar-refractivity contribution in [3.05, 3.63) is 22.4 Å². The van der Waals surface area contributed by atoms with E-state index in [9.17, 15) is 9.59 Å². The topological polar surface area (TPSA) is 61.4 Å². The van der Waals surface area contributed by atoms with Crippen LogP contribution in [0.25, 0.3) is 0 Å². The molecule has 1 aliphatic heterocycles. The molecule has 0 saturated carbocycles. The van der Waals surface area contributed by atoms with Crippen LogP contribution < -0.4 is 10.6 Å². The number of amides is 2. The fourth-order valence-electron chi connectivity index (χ4n) is 2.23. The predicted molar refractivity (Wildman–Crippen MR) is 82.2 cm³/mol. The van der Waals surface area contributed by atoms with E-state index in [1.54, 1.807) is 4.90 Å². The first-order chi connectivity index (χ1) is 9.24. The largest absolute Gasteiger partial charge is 0.352 e. The molecule has 1 aromatic heterocycles. The Hall–Kier alpha value is -1.11. The lowest BCUT2D eigenvalue weighted by Crippen LogP contribution is -2.52. The number of carbonyl (C=O) groups excluding carboxylic acids is 2. The maximum absolute atomic E-state index is 12.2. The minimum atomic E-state index is -0.448. The minimum absolute atomic E-state index is 0. The van der Waals surface area contributed by atoms with Crippen LogP contribution in [-0.4, -0.2) is 43.4 Å². The number of carbonyl (C=O) groups is 2. The second kappa shape index (κ2) is 8.24. The second-order valence-corrected chi connectivity index (χ2v) is 5.48. The van der Waals surface area contributed by atoms with Crippen LogP contribution in [0.15, 0.2) is 17.5 Å². The molecular weight excluding hydrogens is 298 g/mol.